The number of hydrogen-bond donors (Lipinski definition) is 1. The lowest BCUT2D eigenvalue weighted by Gasteiger charge is -2.28. The summed E-state index contributed by atoms with van der Waals surface area (Å²) in [7, 11) is -3.56. The van der Waals surface area contributed by atoms with Crippen molar-refractivity contribution in [1.29, 1.82) is 0 Å². The topological polar surface area (TPSA) is 66.5 Å². The fourth-order valence-corrected chi connectivity index (χ4v) is 4.22. The summed E-state index contributed by atoms with van der Waals surface area (Å²) in [5.74, 6) is -2.84. The molecule has 0 bridgehead atoms. The summed E-state index contributed by atoms with van der Waals surface area (Å²) in [6.07, 6.45) is 0.641. The molecule has 0 radical (unpaired) electrons. The molecule has 1 amide bonds. The van der Waals surface area contributed by atoms with E-state index in [0.29, 0.717) is 25.6 Å². The van der Waals surface area contributed by atoms with Crippen molar-refractivity contribution in [2.45, 2.75) is 13.0 Å². The van der Waals surface area contributed by atoms with E-state index in [2.05, 4.69) is 5.32 Å². The molecule has 138 valence electrons. The van der Waals surface area contributed by atoms with Gasteiger partial charge in [-0.25, -0.2) is 17.2 Å². The minimum absolute atomic E-state index is 0.157. The second-order valence-corrected chi connectivity index (χ2v) is 8.14. The first kappa shape index (κ1) is 18.5. The summed E-state index contributed by atoms with van der Waals surface area (Å²) in [5.41, 5.74) is 1.79. The Balaban J connectivity index is 1.58. The number of halogens is 2. The highest BCUT2D eigenvalue weighted by Gasteiger charge is 2.26. The third-order valence-corrected chi connectivity index (χ3v) is 6.13. The monoisotopic (exact) mass is 380 g/mol. The maximum absolute atomic E-state index is 13.6. The number of carbonyl (C=O) groups is 1. The number of nitrogens with zero attached hydrogens (tertiary/aromatic N) is 1. The fourth-order valence-electron chi connectivity index (χ4n) is 2.90. The van der Waals surface area contributed by atoms with Gasteiger partial charge in [-0.2, -0.15) is 4.31 Å². The summed E-state index contributed by atoms with van der Waals surface area (Å²) < 4.78 is 52.8. The van der Waals surface area contributed by atoms with Crippen LogP contribution in [0, 0.1) is 11.6 Å². The van der Waals surface area contributed by atoms with Crippen LogP contribution in [0.1, 0.15) is 21.5 Å². The molecule has 26 heavy (non-hydrogen) atoms. The molecule has 0 unspecified atom stereocenters. The quantitative estimate of drug-likeness (QED) is 0.864. The standard InChI is InChI=1S/C18H18F2N2O3S/c19-15-5-6-16(17(20)11-15)18(23)21-8-10-26(24,25)22-9-7-13-3-1-2-4-14(13)12-22/h1-6,11H,7-10,12H2,(H,21,23). The lowest BCUT2D eigenvalue weighted by Crippen LogP contribution is -2.40. The van der Waals surface area contributed by atoms with Crippen LogP contribution in [0.4, 0.5) is 8.78 Å². The van der Waals surface area contributed by atoms with E-state index in [9.17, 15) is 22.0 Å². The van der Waals surface area contributed by atoms with Crippen LogP contribution in [0.3, 0.4) is 0 Å². The number of amides is 1. The molecular formula is C18H18F2N2O3S. The SMILES string of the molecule is O=C(NCCS(=O)(=O)N1CCc2ccccc2C1)c1ccc(F)cc1F. The summed E-state index contributed by atoms with van der Waals surface area (Å²) in [6, 6.07) is 10.3. The highest BCUT2D eigenvalue weighted by molar-refractivity contribution is 7.89. The van der Waals surface area contributed by atoms with E-state index >= 15 is 0 Å². The van der Waals surface area contributed by atoms with Gasteiger partial charge in [-0.15, -0.1) is 0 Å². The molecule has 0 saturated heterocycles. The van der Waals surface area contributed by atoms with Crippen molar-refractivity contribution in [1.82, 2.24) is 9.62 Å². The molecule has 0 fully saturated rings. The second kappa shape index (κ2) is 7.51. The first-order valence-electron chi connectivity index (χ1n) is 8.15. The number of rotatable bonds is 5. The van der Waals surface area contributed by atoms with E-state index in [0.717, 1.165) is 23.3 Å². The summed E-state index contributed by atoms with van der Waals surface area (Å²) in [6.45, 7) is 0.537. The molecule has 2 aromatic rings. The second-order valence-electron chi connectivity index (χ2n) is 6.05. The van der Waals surface area contributed by atoms with Crippen molar-refractivity contribution in [3.63, 3.8) is 0 Å². The van der Waals surface area contributed by atoms with Gasteiger partial charge in [0.15, 0.2) is 0 Å². The lowest BCUT2D eigenvalue weighted by molar-refractivity contribution is 0.0952. The molecule has 0 atom stereocenters. The Labute approximate surface area is 150 Å². The van der Waals surface area contributed by atoms with Crippen LogP contribution >= 0.6 is 0 Å². The number of carbonyl (C=O) groups excluding carboxylic acids is 1. The summed E-state index contributed by atoms with van der Waals surface area (Å²) >= 11 is 0. The number of sulfonamides is 1. The molecule has 1 aliphatic rings. The van der Waals surface area contributed by atoms with Gasteiger partial charge in [-0.3, -0.25) is 4.79 Å². The Kier molecular flexibility index (Phi) is 5.33. The van der Waals surface area contributed by atoms with Gasteiger partial charge >= 0.3 is 0 Å². The number of hydrogen-bond acceptors (Lipinski definition) is 3. The first-order chi connectivity index (χ1) is 12.4. The Morgan fingerprint density at radius 1 is 1.12 bits per heavy atom. The predicted octanol–water partition coefficient (Wildman–Crippen LogP) is 2.08. The van der Waals surface area contributed by atoms with Crippen LogP contribution in [0.15, 0.2) is 42.5 Å². The van der Waals surface area contributed by atoms with E-state index in [-0.39, 0.29) is 17.9 Å². The van der Waals surface area contributed by atoms with Crippen molar-refractivity contribution in [2.75, 3.05) is 18.8 Å². The van der Waals surface area contributed by atoms with Crippen LogP contribution in [-0.4, -0.2) is 37.5 Å². The highest BCUT2D eigenvalue weighted by Crippen LogP contribution is 2.20. The van der Waals surface area contributed by atoms with Gasteiger partial charge in [-0.1, -0.05) is 24.3 Å². The Bertz CT molecular complexity index is 932. The van der Waals surface area contributed by atoms with Crippen LogP contribution < -0.4 is 5.32 Å². The average molecular weight is 380 g/mol. The molecule has 1 heterocycles. The van der Waals surface area contributed by atoms with Crippen molar-refractivity contribution < 1.29 is 22.0 Å². The highest BCUT2D eigenvalue weighted by atomic mass is 32.2. The molecule has 1 N–H and O–H groups in total. The fraction of sp³-hybridized carbons (Fsp3) is 0.278. The minimum atomic E-state index is -3.56. The van der Waals surface area contributed by atoms with Crippen LogP contribution in [0.5, 0.6) is 0 Å². The lowest BCUT2D eigenvalue weighted by atomic mass is 10.0. The predicted molar refractivity (Wildman–Crippen MR) is 93.0 cm³/mol. The molecule has 5 nitrogen and oxygen atoms in total. The van der Waals surface area contributed by atoms with E-state index in [1.165, 1.54) is 4.31 Å². The zero-order valence-corrected chi connectivity index (χ0v) is 14.7. The molecule has 0 saturated carbocycles. The molecule has 2 aromatic carbocycles. The van der Waals surface area contributed by atoms with Crippen molar-refractivity contribution in [3.05, 3.63) is 70.8 Å². The van der Waals surface area contributed by atoms with Crippen molar-refractivity contribution >= 4 is 15.9 Å². The van der Waals surface area contributed by atoms with E-state index in [1.54, 1.807) is 0 Å². The number of benzene rings is 2. The van der Waals surface area contributed by atoms with Crippen LogP contribution in [0.2, 0.25) is 0 Å². The number of fused-ring (bicyclic) bond motifs is 1. The maximum atomic E-state index is 13.6. The van der Waals surface area contributed by atoms with Gasteiger partial charge in [0.1, 0.15) is 11.6 Å². The van der Waals surface area contributed by atoms with Gasteiger partial charge < -0.3 is 5.32 Å². The number of nitrogens with one attached hydrogen (secondary N) is 1. The largest absolute Gasteiger partial charge is 0.351 e. The molecule has 0 spiro atoms. The average Bonchev–Trinajstić information content (AvgIpc) is 2.61. The first-order valence-corrected chi connectivity index (χ1v) is 9.75. The summed E-state index contributed by atoms with van der Waals surface area (Å²) in [5, 5.41) is 2.37. The van der Waals surface area contributed by atoms with E-state index < -0.39 is 27.6 Å². The van der Waals surface area contributed by atoms with E-state index in [4.69, 9.17) is 0 Å². The van der Waals surface area contributed by atoms with Crippen molar-refractivity contribution in [2.24, 2.45) is 0 Å². The Morgan fingerprint density at radius 3 is 2.58 bits per heavy atom. The van der Waals surface area contributed by atoms with Gasteiger partial charge in [-0.05, 0) is 29.7 Å². The molecule has 1 aliphatic heterocycles. The Hall–Kier alpha value is -2.32. The molecular weight excluding hydrogens is 362 g/mol. The molecule has 0 aliphatic carbocycles. The van der Waals surface area contributed by atoms with Crippen molar-refractivity contribution in [3.8, 4) is 0 Å². The van der Waals surface area contributed by atoms with E-state index in [1.807, 2.05) is 24.3 Å². The van der Waals surface area contributed by atoms with Crippen LogP contribution in [0.25, 0.3) is 0 Å². The zero-order chi connectivity index (χ0) is 18.7. The third kappa shape index (κ3) is 4.08. The maximum Gasteiger partial charge on any atom is 0.254 e. The molecule has 0 aromatic heterocycles. The Morgan fingerprint density at radius 2 is 1.85 bits per heavy atom. The normalized spacial score (nSPS) is 14.7. The van der Waals surface area contributed by atoms with Gasteiger partial charge in [0, 0.05) is 25.7 Å². The smallest absolute Gasteiger partial charge is 0.254 e. The molecule has 8 heteroatoms. The third-order valence-electron chi connectivity index (χ3n) is 4.31. The van der Waals surface area contributed by atoms with Gasteiger partial charge in [0.2, 0.25) is 10.0 Å². The van der Waals surface area contributed by atoms with Gasteiger partial charge in [0.05, 0.1) is 11.3 Å². The van der Waals surface area contributed by atoms with Crippen LogP contribution in [-0.2, 0) is 23.0 Å². The summed E-state index contributed by atoms with van der Waals surface area (Å²) in [4.78, 5) is 11.9. The molecule has 3 rings (SSSR count). The zero-order valence-electron chi connectivity index (χ0n) is 13.9. The van der Waals surface area contributed by atoms with Gasteiger partial charge in [0.25, 0.3) is 5.91 Å². The minimum Gasteiger partial charge on any atom is -0.351 e.